The van der Waals surface area contributed by atoms with Gasteiger partial charge in [-0.05, 0) is 35.7 Å². The van der Waals surface area contributed by atoms with E-state index in [2.05, 4.69) is 29.5 Å². The Morgan fingerprint density at radius 3 is 2.48 bits per heavy atom. The zero-order chi connectivity index (χ0) is 18.2. The molecule has 1 aromatic heterocycles. The fourth-order valence-corrected chi connectivity index (χ4v) is 2.21. The normalized spacial score (nSPS) is 10.6. The maximum absolute atomic E-state index is 12.4. The SMILES string of the molecule is COCCNC(=O)c1cc(C(=O)Nc2ccc(C(C)C)cc2)ccn1. The molecule has 1 aromatic carbocycles. The molecule has 0 bridgehead atoms. The Hall–Kier alpha value is -2.73. The molecule has 0 fully saturated rings. The molecule has 132 valence electrons. The van der Waals surface area contributed by atoms with E-state index in [1.54, 1.807) is 13.2 Å². The molecule has 0 aliphatic rings. The van der Waals surface area contributed by atoms with Crippen LogP contribution in [0.1, 0.15) is 46.2 Å². The van der Waals surface area contributed by atoms with Crippen LogP contribution in [0, 0.1) is 0 Å². The van der Waals surface area contributed by atoms with Crippen LogP contribution in [0.3, 0.4) is 0 Å². The van der Waals surface area contributed by atoms with Gasteiger partial charge in [-0.3, -0.25) is 14.6 Å². The van der Waals surface area contributed by atoms with Crippen LogP contribution in [-0.4, -0.2) is 37.1 Å². The molecule has 0 saturated heterocycles. The standard InChI is InChI=1S/C19H23N3O3/c1-13(2)14-4-6-16(7-5-14)22-18(23)15-8-9-20-17(12-15)19(24)21-10-11-25-3/h4-9,12-13H,10-11H2,1-3H3,(H,21,24)(H,22,23). The average molecular weight is 341 g/mol. The fraction of sp³-hybridized carbons (Fsp3) is 0.316. The lowest BCUT2D eigenvalue weighted by molar-refractivity contribution is 0.0932. The number of hydrogen-bond acceptors (Lipinski definition) is 4. The van der Waals surface area contributed by atoms with Crippen molar-refractivity contribution in [1.29, 1.82) is 0 Å². The molecule has 6 heteroatoms. The predicted molar refractivity (Wildman–Crippen MR) is 96.9 cm³/mol. The molecule has 0 radical (unpaired) electrons. The molecular formula is C19H23N3O3. The zero-order valence-corrected chi connectivity index (χ0v) is 14.7. The number of ether oxygens (including phenoxy) is 1. The summed E-state index contributed by atoms with van der Waals surface area (Å²) in [5.41, 5.74) is 2.48. The van der Waals surface area contributed by atoms with Crippen LogP contribution >= 0.6 is 0 Å². The maximum Gasteiger partial charge on any atom is 0.269 e. The molecule has 1 heterocycles. The fourth-order valence-electron chi connectivity index (χ4n) is 2.21. The van der Waals surface area contributed by atoms with Crippen molar-refractivity contribution in [3.05, 3.63) is 59.4 Å². The van der Waals surface area contributed by atoms with Gasteiger partial charge in [0.2, 0.25) is 0 Å². The number of nitrogens with one attached hydrogen (secondary N) is 2. The molecule has 0 atom stereocenters. The second-order valence-corrected chi connectivity index (χ2v) is 5.91. The minimum atomic E-state index is -0.340. The van der Waals surface area contributed by atoms with E-state index in [-0.39, 0.29) is 17.5 Å². The number of benzene rings is 1. The van der Waals surface area contributed by atoms with Gasteiger partial charge in [0, 0.05) is 31.1 Å². The van der Waals surface area contributed by atoms with Crippen LogP contribution in [0.2, 0.25) is 0 Å². The highest BCUT2D eigenvalue weighted by molar-refractivity contribution is 6.05. The number of hydrogen-bond donors (Lipinski definition) is 2. The van der Waals surface area contributed by atoms with Crippen LogP contribution in [0.25, 0.3) is 0 Å². The largest absolute Gasteiger partial charge is 0.383 e. The van der Waals surface area contributed by atoms with Crippen LogP contribution < -0.4 is 10.6 Å². The van der Waals surface area contributed by atoms with E-state index in [1.165, 1.54) is 17.8 Å². The highest BCUT2D eigenvalue weighted by Crippen LogP contribution is 2.17. The summed E-state index contributed by atoms with van der Waals surface area (Å²) in [6.45, 7) is 5.03. The van der Waals surface area contributed by atoms with Gasteiger partial charge in [-0.2, -0.15) is 0 Å². The van der Waals surface area contributed by atoms with Crippen molar-refractivity contribution < 1.29 is 14.3 Å². The van der Waals surface area contributed by atoms with Gasteiger partial charge in [-0.1, -0.05) is 26.0 Å². The van der Waals surface area contributed by atoms with Gasteiger partial charge in [-0.15, -0.1) is 0 Å². The first-order valence-corrected chi connectivity index (χ1v) is 8.15. The summed E-state index contributed by atoms with van der Waals surface area (Å²) < 4.78 is 4.88. The van der Waals surface area contributed by atoms with E-state index in [0.717, 1.165) is 0 Å². The van der Waals surface area contributed by atoms with E-state index in [9.17, 15) is 9.59 Å². The number of amides is 2. The molecule has 2 aromatic rings. The maximum atomic E-state index is 12.4. The summed E-state index contributed by atoms with van der Waals surface area (Å²) >= 11 is 0. The highest BCUT2D eigenvalue weighted by Gasteiger charge is 2.12. The van der Waals surface area contributed by atoms with E-state index in [1.807, 2.05) is 24.3 Å². The lowest BCUT2D eigenvalue weighted by Gasteiger charge is -2.09. The van der Waals surface area contributed by atoms with Crippen molar-refractivity contribution in [1.82, 2.24) is 10.3 Å². The summed E-state index contributed by atoms with van der Waals surface area (Å²) in [6.07, 6.45) is 1.45. The summed E-state index contributed by atoms with van der Waals surface area (Å²) in [5, 5.41) is 5.50. The number of rotatable bonds is 7. The van der Waals surface area contributed by atoms with Gasteiger partial charge in [0.25, 0.3) is 11.8 Å². The average Bonchev–Trinajstić information content (AvgIpc) is 2.62. The quantitative estimate of drug-likeness (QED) is 0.759. The monoisotopic (exact) mass is 341 g/mol. The Bertz CT molecular complexity index is 727. The minimum Gasteiger partial charge on any atom is -0.383 e. The second-order valence-electron chi connectivity index (χ2n) is 5.91. The van der Waals surface area contributed by atoms with Crippen molar-refractivity contribution in [2.24, 2.45) is 0 Å². The van der Waals surface area contributed by atoms with Gasteiger partial charge < -0.3 is 15.4 Å². The summed E-state index contributed by atoms with van der Waals surface area (Å²) in [6, 6.07) is 10.8. The van der Waals surface area contributed by atoms with Crippen molar-refractivity contribution in [3.8, 4) is 0 Å². The second kappa shape index (κ2) is 8.94. The third-order valence-electron chi connectivity index (χ3n) is 3.68. The van der Waals surface area contributed by atoms with Crippen LogP contribution in [0.4, 0.5) is 5.69 Å². The number of nitrogens with zero attached hydrogens (tertiary/aromatic N) is 1. The van der Waals surface area contributed by atoms with Gasteiger partial charge in [0.05, 0.1) is 6.61 Å². The zero-order valence-electron chi connectivity index (χ0n) is 14.7. The predicted octanol–water partition coefficient (Wildman–Crippen LogP) is 2.83. The van der Waals surface area contributed by atoms with Crippen molar-refractivity contribution in [2.45, 2.75) is 19.8 Å². The van der Waals surface area contributed by atoms with Gasteiger partial charge in [0.1, 0.15) is 5.69 Å². The highest BCUT2D eigenvalue weighted by atomic mass is 16.5. The van der Waals surface area contributed by atoms with Crippen molar-refractivity contribution in [2.75, 3.05) is 25.6 Å². The summed E-state index contributed by atoms with van der Waals surface area (Å²) in [5.74, 6) is -0.192. The summed E-state index contributed by atoms with van der Waals surface area (Å²) in [7, 11) is 1.56. The smallest absolute Gasteiger partial charge is 0.269 e. The van der Waals surface area contributed by atoms with E-state index >= 15 is 0 Å². The number of anilines is 1. The Kier molecular flexibility index (Phi) is 6.65. The third kappa shape index (κ3) is 5.39. The Labute approximate surface area is 147 Å². The van der Waals surface area contributed by atoms with E-state index in [0.29, 0.717) is 30.3 Å². The molecule has 0 aliphatic heterocycles. The molecule has 2 N–H and O–H groups in total. The summed E-state index contributed by atoms with van der Waals surface area (Å²) in [4.78, 5) is 28.4. The molecule has 2 rings (SSSR count). The Balaban J connectivity index is 2.04. The molecule has 0 saturated carbocycles. The topological polar surface area (TPSA) is 80.3 Å². The van der Waals surface area contributed by atoms with Crippen molar-refractivity contribution >= 4 is 17.5 Å². The van der Waals surface area contributed by atoms with Crippen LogP contribution in [0.5, 0.6) is 0 Å². The number of pyridine rings is 1. The minimum absolute atomic E-state index is 0.193. The number of aromatic nitrogens is 1. The first-order valence-electron chi connectivity index (χ1n) is 8.15. The lowest BCUT2D eigenvalue weighted by atomic mass is 10.0. The molecule has 2 amide bonds. The number of carbonyl (C=O) groups excluding carboxylic acids is 2. The van der Waals surface area contributed by atoms with E-state index < -0.39 is 0 Å². The first kappa shape index (κ1) is 18.6. The van der Waals surface area contributed by atoms with Gasteiger partial charge >= 0.3 is 0 Å². The van der Waals surface area contributed by atoms with Crippen LogP contribution in [-0.2, 0) is 4.74 Å². The van der Waals surface area contributed by atoms with Crippen molar-refractivity contribution in [3.63, 3.8) is 0 Å². The molecule has 0 spiro atoms. The Morgan fingerprint density at radius 1 is 1.12 bits per heavy atom. The number of methoxy groups -OCH3 is 1. The van der Waals surface area contributed by atoms with Crippen LogP contribution in [0.15, 0.2) is 42.6 Å². The van der Waals surface area contributed by atoms with E-state index in [4.69, 9.17) is 4.74 Å². The third-order valence-corrected chi connectivity index (χ3v) is 3.68. The molecule has 6 nitrogen and oxygen atoms in total. The first-order chi connectivity index (χ1) is 12.0. The molecule has 25 heavy (non-hydrogen) atoms. The molecular weight excluding hydrogens is 318 g/mol. The van der Waals surface area contributed by atoms with Gasteiger partial charge in [0.15, 0.2) is 0 Å². The van der Waals surface area contributed by atoms with Gasteiger partial charge in [-0.25, -0.2) is 0 Å². The molecule has 0 aliphatic carbocycles. The Morgan fingerprint density at radius 2 is 1.84 bits per heavy atom. The molecule has 0 unspecified atom stereocenters. The lowest BCUT2D eigenvalue weighted by Crippen LogP contribution is -2.28. The number of carbonyl (C=O) groups is 2.